The van der Waals surface area contributed by atoms with Crippen molar-refractivity contribution in [3.8, 4) is 0 Å². The zero-order chi connectivity index (χ0) is 14.8. The van der Waals surface area contributed by atoms with Gasteiger partial charge in [-0.15, -0.1) is 0 Å². The lowest BCUT2D eigenvalue weighted by Gasteiger charge is -2.38. The molecule has 1 aliphatic rings. The van der Waals surface area contributed by atoms with Gasteiger partial charge in [-0.3, -0.25) is 4.90 Å². The van der Waals surface area contributed by atoms with Crippen molar-refractivity contribution >= 4 is 17.4 Å². The van der Waals surface area contributed by atoms with E-state index in [0.29, 0.717) is 11.6 Å². The second-order valence-corrected chi connectivity index (χ2v) is 5.96. The first kappa shape index (κ1) is 15.1. The van der Waals surface area contributed by atoms with Gasteiger partial charge < -0.3 is 10.9 Å². The molecule has 0 atom stereocenters. The summed E-state index contributed by atoms with van der Waals surface area (Å²) in [5.41, 5.74) is 6.26. The van der Waals surface area contributed by atoms with E-state index in [1.54, 1.807) is 6.07 Å². The van der Waals surface area contributed by atoms with Crippen LogP contribution in [0, 0.1) is 11.2 Å². The third-order valence-corrected chi connectivity index (χ3v) is 4.46. The van der Waals surface area contributed by atoms with E-state index in [1.165, 1.54) is 12.1 Å². The fraction of sp³-hybridized carbons (Fsp3) is 0.500. The normalized spacial score (nSPS) is 20.1. The van der Waals surface area contributed by atoms with Gasteiger partial charge in [-0.2, -0.15) is 0 Å². The predicted molar refractivity (Wildman–Crippen MR) is 77.4 cm³/mol. The molecule has 4 nitrogen and oxygen atoms in total. The van der Waals surface area contributed by atoms with E-state index in [4.69, 9.17) is 22.5 Å². The first-order chi connectivity index (χ1) is 9.44. The Morgan fingerprint density at radius 3 is 2.75 bits per heavy atom. The van der Waals surface area contributed by atoms with Gasteiger partial charge >= 0.3 is 0 Å². The van der Waals surface area contributed by atoms with E-state index >= 15 is 0 Å². The number of hydrogen-bond acceptors (Lipinski definition) is 3. The Balaban J connectivity index is 2.00. The Labute approximate surface area is 123 Å². The monoisotopic (exact) mass is 299 g/mol. The standard InChI is InChI=1S/C14H19ClFN3O/c1-14(13(17)18-20)4-6-19(7-5-14)9-10-8-11(16)2-3-12(10)15/h2-3,8,20H,4-7,9H2,1H3,(H2,17,18). The quantitative estimate of drug-likeness (QED) is 0.390. The number of hydrogen-bond donors (Lipinski definition) is 2. The highest BCUT2D eigenvalue weighted by Crippen LogP contribution is 2.32. The Morgan fingerprint density at radius 1 is 1.50 bits per heavy atom. The molecule has 0 aliphatic carbocycles. The Bertz CT molecular complexity index is 513. The molecule has 2 rings (SSSR count). The molecule has 1 aromatic rings. The highest BCUT2D eigenvalue weighted by molar-refractivity contribution is 6.31. The number of rotatable bonds is 3. The average molecular weight is 300 g/mol. The van der Waals surface area contributed by atoms with Gasteiger partial charge in [0.1, 0.15) is 11.7 Å². The van der Waals surface area contributed by atoms with Crippen LogP contribution in [-0.4, -0.2) is 29.0 Å². The van der Waals surface area contributed by atoms with Crippen molar-refractivity contribution in [2.75, 3.05) is 13.1 Å². The molecule has 0 saturated carbocycles. The first-order valence-electron chi connectivity index (χ1n) is 6.59. The summed E-state index contributed by atoms with van der Waals surface area (Å²) in [6.45, 7) is 4.22. The van der Waals surface area contributed by atoms with E-state index < -0.39 is 0 Å². The molecule has 0 spiro atoms. The molecule has 0 unspecified atom stereocenters. The summed E-state index contributed by atoms with van der Waals surface area (Å²) < 4.78 is 13.2. The van der Waals surface area contributed by atoms with Crippen LogP contribution in [0.1, 0.15) is 25.3 Å². The summed E-state index contributed by atoms with van der Waals surface area (Å²) in [5, 5.41) is 12.5. The van der Waals surface area contributed by atoms with Crippen LogP contribution in [0.2, 0.25) is 5.02 Å². The van der Waals surface area contributed by atoms with Gasteiger partial charge in [0.15, 0.2) is 0 Å². The van der Waals surface area contributed by atoms with Crippen LogP contribution < -0.4 is 5.73 Å². The largest absolute Gasteiger partial charge is 0.409 e. The molecule has 1 saturated heterocycles. The van der Waals surface area contributed by atoms with Crippen molar-refractivity contribution in [3.63, 3.8) is 0 Å². The first-order valence-corrected chi connectivity index (χ1v) is 6.97. The van der Waals surface area contributed by atoms with Crippen molar-refractivity contribution < 1.29 is 9.60 Å². The lowest BCUT2D eigenvalue weighted by atomic mass is 9.79. The number of likely N-dealkylation sites (tertiary alicyclic amines) is 1. The lowest BCUT2D eigenvalue weighted by molar-refractivity contribution is 0.153. The smallest absolute Gasteiger partial charge is 0.145 e. The fourth-order valence-corrected chi connectivity index (χ4v) is 2.66. The molecule has 0 aromatic heterocycles. The minimum absolute atomic E-state index is 0.267. The average Bonchev–Trinajstić information content (AvgIpc) is 2.44. The molecule has 3 N–H and O–H groups in total. The number of nitrogens with zero attached hydrogens (tertiary/aromatic N) is 2. The third kappa shape index (κ3) is 3.22. The van der Waals surface area contributed by atoms with Gasteiger partial charge in [-0.05, 0) is 49.7 Å². The molecule has 1 heterocycles. The fourth-order valence-electron chi connectivity index (χ4n) is 2.49. The van der Waals surface area contributed by atoms with Crippen LogP contribution in [0.5, 0.6) is 0 Å². The molecule has 0 radical (unpaired) electrons. The van der Waals surface area contributed by atoms with Crippen molar-refractivity contribution in [3.05, 3.63) is 34.6 Å². The molecule has 6 heteroatoms. The van der Waals surface area contributed by atoms with Crippen molar-refractivity contribution in [1.82, 2.24) is 4.90 Å². The van der Waals surface area contributed by atoms with Gasteiger partial charge in [-0.1, -0.05) is 23.7 Å². The maximum atomic E-state index is 13.2. The molecule has 0 amide bonds. The minimum Gasteiger partial charge on any atom is -0.409 e. The Kier molecular flexibility index (Phi) is 4.50. The number of oxime groups is 1. The highest BCUT2D eigenvalue weighted by atomic mass is 35.5. The summed E-state index contributed by atoms with van der Waals surface area (Å²) in [7, 11) is 0. The number of benzene rings is 1. The molecular formula is C14H19ClFN3O. The summed E-state index contributed by atoms with van der Waals surface area (Å²) in [4.78, 5) is 2.20. The number of amidine groups is 1. The number of piperidine rings is 1. The second kappa shape index (κ2) is 5.97. The summed E-state index contributed by atoms with van der Waals surface area (Å²) in [5.74, 6) is 0.00356. The van der Waals surface area contributed by atoms with E-state index in [1.807, 2.05) is 6.92 Å². The van der Waals surface area contributed by atoms with Crippen molar-refractivity contribution in [2.45, 2.75) is 26.3 Å². The number of halogens is 2. The van der Waals surface area contributed by atoms with Crippen LogP contribution in [0.15, 0.2) is 23.4 Å². The zero-order valence-corrected chi connectivity index (χ0v) is 12.2. The maximum Gasteiger partial charge on any atom is 0.145 e. The topological polar surface area (TPSA) is 61.9 Å². The molecule has 110 valence electrons. The zero-order valence-electron chi connectivity index (χ0n) is 11.4. The summed E-state index contributed by atoms with van der Waals surface area (Å²) in [6, 6.07) is 4.41. The van der Waals surface area contributed by atoms with E-state index in [9.17, 15) is 4.39 Å². The second-order valence-electron chi connectivity index (χ2n) is 5.56. The summed E-state index contributed by atoms with van der Waals surface area (Å²) in [6.07, 6.45) is 1.60. The Hall–Kier alpha value is -1.33. The van der Waals surface area contributed by atoms with Crippen LogP contribution in [0.4, 0.5) is 4.39 Å². The molecule has 20 heavy (non-hydrogen) atoms. The van der Waals surface area contributed by atoms with Gasteiger partial charge in [0.05, 0.1) is 0 Å². The number of nitrogens with two attached hydrogens (primary N) is 1. The van der Waals surface area contributed by atoms with Crippen LogP contribution in [0.3, 0.4) is 0 Å². The maximum absolute atomic E-state index is 13.2. The van der Waals surface area contributed by atoms with E-state index in [2.05, 4.69) is 10.1 Å². The molecule has 1 aliphatic heterocycles. The Morgan fingerprint density at radius 2 is 2.15 bits per heavy atom. The summed E-state index contributed by atoms with van der Waals surface area (Å²) >= 11 is 6.08. The van der Waals surface area contributed by atoms with Crippen LogP contribution in [-0.2, 0) is 6.54 Å². The molecule has 1 fully saturated rings. The molecular weight excluding hydrogens is 281 g/mol. The van der Waals surface area contributed by atoms with Gasteiger partial charge in [0.2, 0.25) is 0 Å². The van der Waals surface area contributed by atoms with E-state index in [-0.39, 0.29) is 17.1 Å². The highest BCUT2D eigenvalue weighted by Gasteiger charge is 2.34. The van der Waals surface area contributed by atoms with Crippen molar-refractivity contribution in [2.24, 2.45) is 16.3 Å². The van der Waals surface area contributed by atoms with E-state index in [0.717, 1.165) is 31.5 Å². The molecule has 0 bridgehead atoms. The van der Waals surface area contributed by atoms with Crippen molar-refractivity contribution in [1.29, 1.82) is 0 Å². The van der Waals surface area contributed by atoms with Gasteiger partial charge in [0.25, 0.3) is 0 Å². The van der Waals surface area contributed by atoms with Gasteiger partial charge in [-0.25, -0.2) is 4.39 Å². The van der Waals surface area contributed by atoms with Gasteiger partial charge in [0, 0.05) is 17.0 Å². The van der Waals surface area contributed by atoms with Crippen LogP contribution in [0.25, 0.3) is 0 Å². The van der Waals surface area contributed by atoms with Crippen LogP contribution >= 0.6 is 11.6 Å². The SMILES string of the molecule is CC1(/C(N)=N/O)CCN(Cc2cc(F)ccc2Cl)CC1. The third-order valence-electron chi connectivity index (χ3n) is 4.09. The predicted octanol–water partition coefficient (Wildman–Crippen LogP) is 2.83. The minimum atomic E-state index is -0.275. The lowest BCUT2D eigenvalue weighted by Crippen LogP contribution is -2.45. The molecule has 1 aromatic carbocycles.